The minimum Gasteiger partial charge on any atom is -0.344 e. The summed E-state index contributed by atoms with van der Waals surface area (Å²) in [4.78, 5) is 9.00. The highest BCUT2D eigenvalue weighted by molar-refractivity contribution is 5.81. The lowest BCUT2D eigenvalue weighted by Gasteiger charge is -2.37. The van der Waals surface area contributed by atoms with Gasteiger partial charge in [-0.1, -0.05) is 18.6 Å². The van der Waals surface area contributed by atoms with Crippen LogP contribution in [0.25, 0.3) is 0 Å². The molecule has 0 saturated carbocycles. The Labute approximate surface area is 106 Å². The second-order valence-corrected chi connectivity index (χ2v) is 4.74. The number of hydrogen-bond acceptors (Lipinski definition) is 3. The van der Waals surface area contributed by atoms with Crippen LogP contribution in [0, 0.1) is 0 Å². The molecule has 1 unspecified atom stereocenters. The lowest BCUT2D eigenvalue weighted by Crippen LogP contribution is -2.48. The predicted octanol–water partition coefficient (Wildman–Crippen LogP) is 2.87. The van der Waals surface area contributed by atoms with Crippen molar-refractivity contribution in [2.45, 2.75) is 40.3 Å². The molecular formula is C14H25N3. The second kappa shape index (κ2) is 6.60. The van der Waals surface area contributed by atoms with Crippen LogP contribution in [0.2, 0.25) is 0 Å². The molecule has 1 aliphatic rings. The van der Waals surface area contributed by atoms with Crippen LogP contribution < -0.4 is 0 Å². The van der Waals surface area contributed by atoms with E-state index in [2.05, 4.69) is 61.7 Å². The lowest BCUT2D eigenvalue weighted by molar-refractivity contribution is 0.150. The molecule has 0 aromatic heterocycles. The Morgan fingerprint density at radius 3 is 2.82 bits per heavy atom. The molecule has 3 heteroatoms. The van der Waals surface area contributed by atoms with Gasteiger partial charge in [0.15, 0.2) is 0 Å². The Morgan fingerprint density at radius 1 is 1.53 bits per heavy atom. The summed E-state index contributed by atoms with van der Waals surface area (Å²) in [6.07, 6.45) is 7.85. The number of aliphatic imine (C=N–C) groups is 1. The SMILES string of the molecule is CCN(CCC=C(C)C)C1C=CN=C(C)N1C. The van der Waals surface area contributed by atoms with E-state index in [1.807, 2.05) is 6.20 Å². The van der Waals surface area contributed by atoms with E-state index in [9.17, 15) is 0 Å². The van der Waals surface area contributed by atoms with Crippen molar-refractivity contribution in [1.29, 1.82) is 0 Å². The van der Waals surface area contributed by atoms with E-state index in [0.29, 0.717) is 6.17 Å². The molecule has 96 valence electrons. The maximum atomic E-state index is 4.31. The Hall–Kier alpha value is -1.09. The third-order valence-corrected chi connectivity index (χ3v) is 3.18. The van der Waals surface area contributed by atoms with Gasteiger partial charge in [-0.3, -0.25) is 4.90 Å². The summed E-state index contributed by atoms with van der Waals surface area (Å²) in [5.41, 5.74) is 1.39. The molecule has 0 saturated heterocycles. The Kier molecular flexibility index (Phi) is 5.42. The topological polar surface area (TPSA) is 18.8 Å². The van der Waals surface area contributed by atoms with E-state index in [1.165, 1.54) is 5.57 Å². The van der Waals surface area contributed by atoms with E-state index < -0.39 is 0 Å². The summed E-state index contributed by atoms with van der Waals surface area (Å²) in [7, 11) is 2.11. The van der Waals surface area contributed by atoms with Crippen LogP contribution in [-0.4, -0.2) is 41.9 Å². The zero-order valence-electron chi connectivity index (χ0n) is 11.8. The first-order valence-corrected chi connectivity index (χ1v) is 6.37. The molecule has 0 fully saturated rings. The summed E-state index contributed by atoms with van der Waals surface area (Å²) >= 11 is 0. The Bertz CT molecular complexity index is 324. The summed E-state index contributed by atoms with van der Waals surface area (Å²) < 4.78 is 0. The first-order chi connectivity index (χ1) is 8.06. The molecule has 0 radical (unpaired) electrons. The molecule has 0 amide bonds. The van der Waals surface area contributed by atoms with Crippen molar-refractivity contribution < 1.29 is 0 Å². The minimum absolute atomic E-state index is 0.350. The highest BCUT2D eigenvalue weighted by Crippen LogP contribution is 2.12. The Balaban J connectivity index is 2.59. The lowest BCUT2D eigenvalue weighted by atomic mass is 10.2. The molecular weight excluding hydrogens is 210 g/mol. The number of hydrogen-bond donors (Lipinski definition) is 0. The van der Waals surface area contributed by atoms with E-state index in [0.717, 1.165) is 25.3 Å². The van der Waals surface area contributed by atoms with Gasteiger partial charge in [0.25, 0.3) is 0 Å². The second-order valence-electron chi connectivity index (χ2n) is 4.74. The van der Waals surface area contributed by atoms with Crippen LogP contribution in [0.1, 0.15) is 34.1 Å². The van der Waals surface area contributed by atoms with Gasteiger partial charge in [0.05, 0.1) is 0 Å². The van der Waals surface area contributed by atoms with E-state index in [1.54, 1.807) is 0 Å². The van der Waals surface area contributed by atoms with Crippen molar-refractivity contribution in [3.8, 4) is 0 Å². The normalized spacial score (nSPS) is 19.5. The average molecular weight is 235 g/mol. The molecule has 1 atom stereocenters. The molecule has 0 N–H and O–H groups in total. The van der Waals surface area contributed by atoms with Gasteiger partial charge < -0.3 is 4.90 Å². The number of amidine groups is 1. The first kappa shape index (κ1) is 14.0. The molecule has 0 aromatic rings. The maximum absolute atomic E-state index is 4.31. The maximum Gasteiger partial charge on any atom is 0.104 e. The molecule has 0 aliphatic carbocycles. The van der Waals surface area contributed by atoms with Gasteiger partial charge in [-0.25, -0.2) is 4.99 Å². The van der Waals surface area contributed by atoms with Crippen LogP contribution in [0.5, 0.6) is 0 Å². The molecule has 0 aromatic carbocycles. The van der Waals surface area contributed by atoms with Gasteiger partial charge in [-0.05, 0) is 39.8 Å². The van der Waals surface area contributed by atoms with Crippen LogP contribution in [0.15, 0.2) is 28.9 Å². The smallest absolute Gasteiger partial charge is 0.104 e. The van der Waals surface area contributed by atoms with Crippen LogP contribution in [0.3, 0.4) is 0 Å². The standard InChI is InChI=1S/C14H25N3/c1-6-17(11-7-8-12(2)3)14-9-10-15-13(4)16(14)5/h8-10,14H,6-7,11H2,1-5H3. The average Bonchev–Trinajstić information content (AvgIpc) is 2.28. The largest absolute Gasteiger partial charge is 0.344 e. The number of allylic oxidation sites excluding steroid dienone is 1. The molecule has 0 spiro atoms. The van der Waals surface area contributed by atoms with Crippen molar-refractivity contribution in [2.24, 2.45) is 4.99 Å². The van der Waals surface area contributed by atoms with Gasteiger partial charge in [0.1, 0.15) is 12.0 Å². The van der Waals surface area contributed by atoms with E-state index in [-0.39, 0.29) is 0 Å². The first-order valence-electron chi connectivity index (χ1n) is 6.37. The predicted molar refractivity (Wildman–Crippen MR) is 75.1 cm³/mol. The fourth-order valence-corrected chi connectivity index (χ4v) is 2.00. The van der Waals surface area contributed by atoms with Crippen molar-refractivity contribution in [2.75, 3.05) is 20.1 Å². The van der Waals surface area contributed by atoms with Gasteiger partial charge >= 0.3 is 0 Å². The quantitative estimate of drug-likeness (QED) is 0.682. The third-order valence-electron chi connectivity index (χ3n) is 3.18. The zero-order chi connectivity index (χ0) is 12.8. The molecule has 1 rings (SSSR count). The van der Waals surface area contributed by atoms with Crippen LogP contribution in [-0.2, 0) is 0 Å². The number of likely N-dealkylation sites (N-methyl/N-ethyl adjacent to an activating group) is 2. The van der Waals surface area contributed by atoms with Crippen LogP contribution >= 0.6 is 0 Å². The minimum atomic E-state index is 0.350. The highest BCUT2D eigenvalue weighted by atomic mass is 15.4. The monoisotopic (exact) mass is 235 g/mol. The molecule has 17 heavy (non-hydrogen) atoms. The number of rotatable bonds is 5. The molecule has 0 bridgehead atoms. The van der Waals surface area contributed by atoms with Gasteiger partial charge in [0.2, 0.25) is 0 Å². The fraction of sp³-hybridized carbons (Fsp3) is 0.643. The summed E-state index contributed by atoms with van der Waals surface area (Å²) in [6.45, 7) is 10.7. The Morgan fingerprint density at radius 2 is 2.24 bits per heavy atom. The van der Waals surface area contributed by atoms with Gasteiger partial charge in [-0.15, -0.1) is 0 Å². The van der Waals surface area contributed by atoms with Gasteiger partial charge in [-0.2, -0.15) is 0 Å². The highest BCUT2D eigenvalue weighted by Gasteiger charge is 2.21. The summed E-state index contributed by atoms with van der Waals surface area (Å²) in [5, 5.41) is 0. The van der Waals surface area contributed by atoms with Crippen molar-refractivity contribution >= 4 is 5.84 Å². The number of nitrogens with zero attached hydrogens (tertiary/aromatic N) is 3. The fourth-order valence-electron chi connectivity index (χ4n) is 2.00. The van der Waals surface area contributed by atoms with Crippen molar-refractivity contribution in [1.82, 2.24) is 9.80 Å². The van der Waals surface area contributed by atoms with Gasteiger partial charge in [0, 0.05) is 19.8 Å². The van der Waals surface area contributed by atoms with E-state index in [4.69, 9.17) is 0 Å². The van der Waals surface area contributed by atoms with Crippen LogP contribution in [0.4, 0.5) is 0 Å². The van der Waals surface area contributed by atoms with Crippen molar-refractivity contribution in [3.05, 3.63) is 23.9 Å². The molecule has 1 heterocycles. The summed E-state index contributed by atoms with van der Waals surface area (Å²) in [5.74, 6) is 1.08. The zero-order valence-corrected chi connectivity index (χ0v) is 11.8. The van der Waals surface area contributed by atoms with E-state index >= 15 is 0 Å². The molecule has 1 aliphatic heterocycles. The summed E-state index contributed by atoms with van der Waals surface area (Å²) in [6, 6.07) is 0. The third kappa shape index (κ3) is 4.00. The van der Waals surface area contributed by atoms with Crippen molar-refractivity contribution in [3.63, 3.8) is 0 Å². The molecule has 3 nitrogen and oxygen atoms in total.